The van der Waals surface area contributed by atoms with Crippen molar-refractivity contribution in [1.82, 2.24) is 5.32 Å². The van der Waals surface area contributed by atoms with E-state index in [0.29, 0.717) is 11.8 Å². The van der Waals surface area contributed by atoms with E-state index in [1.807, 2.05) is 18.2 Å². The summed E-state index contributed by atoms with van der Waals surface area (Å²) in [6.07, 6.45) is 0. The Hall–Kier alpha value is -1.51. The lowest BCUT2D eigenvalue weighted by molar-refractivity contribution is 0.309. The Kier molecular flexibility index (Phi) is 4.18. The fourth-order valence-electron chi connectivity index (χ4n) is 2.78. The first kappa shape index (κ1) is 14.4. The summed E-state index contributed by atoms with van der Waals surface area (Å²) in [5.74, 6) is 1.93. The van der Waals surface area contributed by atoms with Gasteiger partial charge in [-0.25, -0.2) is 0 Å². The predicted octanol–water partition coefficient (Wildman–Crippen LogP) is 3.91. The van der Waals surface area contributed by atoms with Gasteiger partial charge in [0.2, 0.25) is 0 Å². The molecule has 0 fully saturated rings. The van der Waals surface area contributed by atoms with Crippen LogP contribution in [0.1, 0.15) is 24.0 Å². The predicted molar refractivity (Wildman–Crippen MR) is 87.2 cm³/mol. The van der Waals surface area contributed by atoms with E-state index in [2.05, 4.69) is 48.6 Å². The number of hydrogen-bond acceptors (Lipinski definition) is 2. The van der Waals surface area contributed by atoms with E-state index in [1.54, 1.807) is 0 Å². The summed E-state index contributed by atoms with van der Waals surface area (Å²) in [5, 5.41) is 3.63. The van der Waals surface area contributed by atoms with Gasteiger partial charge in [0.05, 0.1) is 12.1 Å². The number of benzene rings is 2. The second-order valence-corrected chi connectivity index (χ2v) is 6.03. The van der Waals surface area contributed by atoms with Gasteiger partial charge in [-0.05, 0) is 18.6 Å². The molecule has 2 unspecified atom stereocenters. The van der Waals surface area contributed by atoms with Crippen LogP contribution in [0.3, 0.4) is 0 Å². The SMILES string of the molecule is CC(CCl)(NCC1COc2ccccc21)c1ccccc1. The van der Waals surface area contributed by atoms with Crippen molar-refractivity contribution in [2.45, 2.75) is 18.4 Å². The first-order chi connectivity index (χ1) is 10.2. The molecule has 1 heterocycles. The maximum Gasteiger partial charge on any atom is 0.122 e. The molecule has 110 valence electrons. The summed E-state index contributed by atoms with van der Waals surface area (Å²) in [5.41, 5.74) is 2.28. The van der Waals surface area contributed by atoms with Crippen LogP contribution < -0.4 is 10.1 Å². The normalized spacial score (nSPS) is 19.6. The highest BCUT2D eigenvalue weighted by Crippen LogP contribution is 2.34. The van der Waals surface area contributed by atoms with Crippen LogP contribution in [0.15, 0.2) is 54.6 Å². The summed E-state index contributed by atoms with van der Waals surface area (Å²) < 4.78 is 5.74. The standard InChI is InChI=1S/C18H20ClNO/c1-18(13-19,15-7-3-2-4-8-15)20-11-14-12-21-17-10-6-5-9-16(14)17/h2-10,14,20H,11-13H2,1H3. The van der Waals surface area contributed by atoms with Crippen LogP contribution in [0.5, 0.6) is 5.75 Å². The molecule has 0 amide bonds. The molecule has 0 saturated heterocycles. The zero-order chi connectivity index (χ0) is 14.7. The second kappa shape index (κ2) is 6.08. The van der Waals surface area contributed by atoms with E-state index in [-0.39, 0.29) is 5.54 Å². The maximum atomic E-state index is 6.24. The molecule has 2 aromatic rings. The Bertz CT molecular complexity index is 601. The summed E-state index contributed by atoms with van der Waals surface area (Å²) in [6, 6.07) is 18.6. The molecule has 0 radical (unpaired) electrons. The van der Waals surface area contributed by atoms with E-state index in [0.717, 1.165) is 18.9 Å². The Morgan fingerprint density at radius 1 is 1.14 bits per heavy atom. The van der Waals surface area contributed by atoms with E-state index < -0.39 is 0 Å². The highest BCUT2D eigenvalue weighted by atomic mass is 35.5. The molecule has 3 rings (SSSR count). The minimum atomic E-state index is -0.222. The van der Waals surface area contributed by atoms with E-state index in [1.165, 1.54) is 11.1 Å². The molecule has 1 N–H and O–H groups in total. The van der Waals surface area contributed by atoms with Crippen LogP contribution in [-0.4, -0.2) is 19.0 Å². The number of rotatable bonds is 5. The van der Waals surface area contributed by atoms with Gasteiger partial charge in [0.25, 0.3) is 0 Å². The molecule has 2 atom stereocenters. The van der Waals surface area contributed by atoms with Crippen molar-refractivity contribution >= 4 is 11.6 Å². The minimum absolute atomic E-state index is 0.222. The quantitative estimate of drug-likeness (QED) is 0.846. The molecule has 0 spiro atoms. The summed E-state index contributed by atoms with van der Waals surface area (Å²) >= 11 is 6.24. The lowest BCUT2D eigenvalue weighted by Gasteiger charge is -2.30. The molecule has 0 aromatic heterocycles. The maximum absolute atomic E-state index is 6.24. The zero-order valence-corrected chi connectivity index (χ0v) is 12.9. The van der Waals surface area contributed by atoms with Gasteiger partial charge in [0, 0.05) is 23.9 Å². The fraction of sp³-hybridized carbons (Fsp3) is 0.333. The van der Waals surface area contributed by atoms with Crippen molar-refractivity contribution in [3.63, 3.8) is 0 Å². The molecular formula is C18H20ClNO. The third-order valence-electron chi connectivity index (χ3n) is 4.22. The molecule has 0 bridgehead atoms. The second-order valence-electron chi connectivity index (χ2n) is 5.76. The Morgan fingerprint density at radius 2 is 1.86 bits per heavy atom. The van der Waals surface area contributed by atoms with Crippen molar-refractivity contribution in [3.8, 4) is 5.75 Å². The number of ether oxygens (including phenoxy) is 1. The molecule has 0 saturated carbocycles. The molecule has 2 aromatic carbocycles. The number of hydrogen-bond donors (Lipinski definition) is 1. The lowest BCUT2D eigenvalue weighted by Crippen LogP contribution is -2.43. The van der Waals surface area contributed by atoms with Crippen LogP contribution >= 0.6 is 11.6 Å². The van der Waals surface area contributed by atoms with Crippen molar-refractivity contribution in [1.29, 1.82) is 0 Å². The van der Waals surface area contributed by atoms with Gasteiger partial charge in [-0.3, -0.25) is 0 Å². The van der Waals surface area contributed by atoms with Crippen molar-refractivity contribution in [3.05, 3.63) is 65.7 Å². The van der Waals surface area contributed by atoms with E-state index in [9.17, 15) is 0 Å². The average Bonchev–Trinajstić information content (AvgIpc) is 2.97. The molecular weight excluding hydrogens is 282 g/mol. The van der Waals surface area contributed by atoms with Gasteiger partial charge >= 0.3 is 0 Å². The van der Waals surface area contributed by atoms with Gasteiger partial charge in [-0.15, -0.1) is 11.6 Å². The van der Waals surface area contributed by atoms with E-state index >= 15 is 0 Å². The van der Waals surface area contributed by atoms with Crippen LogP contribution in [-0.2, 0) is 5.54 Å². The zero-order valence-electron chi connectivity index (χ0n) is 12.2. The van der Waals surface area contributed by atoms with Crippen LogP contribution in [0.2, 0.25) is 0 Å². The smallest absolute Gasteiger partial charge is 0.122 e. The van der Waals surface area contributed by atoms with Crippen molar-refractivity contribution < 1.29 is 4.74 Å². The highest BCUT2D eigenvalue weighted by molar-refractivity contribution is 6.18. The van der Waals surface area contributed by atoms with Crippen molar-refractivity contribution in [2.24, 2.45) is 0 Å². The third kappa shape index (κ3) is 2.92. The van der Waals surface area contributed by atoms with Crippen LogP contribution in [0.25, 0.3) is 0 Å². The number of halogens is 1. The number of fused-ring (bicyclic) bond motifs is 1. The molecule has 1 aliphatic heterocycles. The number of nitrogens with one attached hydrogen (secondary N) is 1. The average molecular weight is 302 g/mol. The first-order valence-corrected chi connectivity index (χ1v) is 7.84. The van der Waals surface area contributed by atoms with Gasteiger partial charge in [-0.2, -0.15) is 0 Å². The van der Waals surface area contributed by atoms with E-state index in [4.69, 9.17) is 16.3 Å². The largest absolute Gasteiger partial charge is 0.493 e. The Morgan fingerprint density at radius 3 is 2.62 bits per heavy atom. The molecule has 2 nitrogen and oxygen atoms in total. The Labute approximate surface area is 131 Å². The van der Waals surface area contributed by atoms with Gasteiger partial charge in [0.1, 0.15) is 5.75 Å². The Balaban J connectivity index is 1.72. The van der Waals surface area contributed by atoms with Crippen molar-refractivity contribution in [2.75, 3.05) is 19.0 Å². The highest BCUT2D eigenvalue weighted by Gasteiger charge is 2.29. The molecule has 1 aliphatic rings. The third-order valence-corrected chi connectivity index (χ3v) is 4.75. The van der Waals surface area contributed by atoms with Gasteiger partial charge < -0.3 is 10.1 Å². The first-order valence-electron chi connectivity index (χ1n) is 7.31. The summed E-state index contributed by atoms with van der Waals surface area (Å²) in [4.78, 5) is 0. The van der Waals surface area contributed by atoms with Gasteiger partial charge in [0.15, 0.2) is 0 Å². The van der Waals surface area contributed by atoms with Gasteiger partial charge in [-0.1, -0.05) is 48.5 Å². The topological polar surface area (TPSA) is 21.3 Å². The molecule has 21 heavy (non-hydrogen) atoms. The number of alkyl halides is 1. The lowest BCUT2D eigenvalue weighted by atomic mass is 9.92. The summed E-state index contributed by atoms with van der Waals surface area (Å²) in [6.45, 7) is 3.74. The van der Waals surface area contributed by atoms with Crippen LogP contribution in [0.4, 0.5) is 0 Å². The summed E-state index contributed by atoms with van der Waals surface area (Å²) in [7, 11) is 0. The molecule has 3 heteroatoms. The monoisotopic (exact) mass is 301 g/mol. The van der Waals surface area contributed by atoms with Crippen LogP contribution in [0, 0.1) is 0 Å². The molecule has 0 aliphatic carbocycles. The minimum Gasteiger partial charge on any atom is -0.493 e. The fourth-order valence-corrected chi connectivity index (χ4v) is 3.03. The number of para-hydroxylation sites is 1.